The smallest absolute Gasteiger partial charge is 0.114 e. The Morgan fingerprint density at radius 3 is 2.73 bits per heavy atom. The zero-order chi connectivity index (χ0) is 10.7. The molecule has 0 aromatic heterocycles. The summed E-state index contributed by atoms with van der Waals surface area (Å²) in [6, 6.07) is 10.6. The van der Waals surface area contributed by atoms with Gasteiger partial charge in [0.05, 0.1) is 6.04 Å². The van der Waals surface area contributed by atoms with Gasteiger partial charge in [-0.05, 0) is 12.5 Å². The van der Waals surface area contributed by atoms with Crippen molar-refractivity contribution in [3.63, 3.8) is 0 Å². The van der Waals surface area contributed by atoms with E-state index in [9.17, 15) is 0 Å². The van der Waals surface area contributed by atoms with Crippen LogP contribution >= 0.6 is 0 Å². The largest absolute Gasteiger partial charge is 0.349 e. The fourth-order valence-electron chi connectivity index (χ4n) is 1.72. The third-order valence-corrected chi connectivity index (χ3v) is 2.64. The lowest BCUT2D eigenvalue weighted by atomic mass is 10.1. The molecule has 1 aliphatic heterocycles. The van der Waals surface area contributed by atoms with E-state index >= 15 is 0 Å². The molecule has 1 unspecified atom stereocenters. The molecule has 0 amide bonds. The first-order valence-corrected chi connectivity index (χ1v) is 5.07. The van der Waals surface area contributed by atoms with Crippen molar-refractivity contribution in [3.05, 3.63) is 48.3 Å². The highest BCUT2D eigenvalue weighted by Gasteiger charge is 2.18. The van der Waals surface area contributed by atoms with Crippen molar-refractivity contribution in [1.82, 2.24) is 4.90 Å². The van der Waals surface area contributed by atoms with Gasteiger partial charge in [-0.25, -0.2) is 0 Å². The fourth-order valence-corrected chi connectivity index (χ4v) is 1.72. The van der Waals surface area contributed by atoms with E-state index in [2.05, 4.69) is 28.9 Å². The van der Waals surface area contributed by atoms with Gasteiger partial charge in [-0.1, -0.05) is 30.3 Å². The molecule has 0 spiro atoms. The third kappa shape index (κ3) is 2.07. The molecular weight excluding hydrogens is 186 g/mol. The summed E-state index contributed by atoms with van der Waals surface area (Å²) in [5.74, 6) is 0. The first-order valence-electron chi connectivity index (χ1n) is 5.07. The predicted octanol–water partition coefficient (Wildman–Crippen LogP) is 1.89. The van der Waals surface area contributed by atoms with Gasteiger partial charge in [-0.15, -0.1) is 0 Å². The number of nitrogens with two attached hydrogens (primary N) is 1. The first-order chi connectivity index (χ1) is 7.29. The van der Waals surface area contributed by atoms with Gasteiger partial charge >= 0.3 is 0 Å². The average molecular weight is 201 g/mol. The number of aliphatic imine (C=N–C) groups is 1. The Labute approximate surface area is 89.9 Å². The van der Waals surface area contributed by atoms with Crippen LogP contribution in [0.3, 0.4) is 0 Å². The van der Waals surface area contributed by atoms with Gasteiger partial charge in [0.1, 0.15) is 6.17 Å². The van der Waals surface area contributed by atoms with Gasteiger partial charge in [-0.3, -0.25) is 4.99 Å². The first kappa shape index (κ1) is 9.93. The summed E-state index contributed by atoms with van der Waals surface area (Å²) in [6.45, 7) is 2.14. The molecule has 1 aromatic carbocycles. The molecule has 2 N–H and O–H groups in total. The minimum Gasteiger partial charge on any atom is -0.349 e. The van der Waals surface area contributed by atoms with Crippen LogP contribution in [0, 0.1) is 0 Å². The molecule has 2 atom stereocenters. The van der Waals surface area contributed by atoms with Crippen LogP contribution in [-0.2, 0) is 0 Å². The molecule has 0 aliphatic carbocycles. The van der Waals surface area contributed by atoms with Crippen LogP contribution in [0.2, 0.25) is 0 Å². The number of nitrogens with zero attached hydrogens (tertiary/aromatic N) is 2. The van der Waals surface area contributed by atoms with E-state index < -0.39 is 0 Å². The molecule has 0 saturated heterocycles. The molecular formula is C12H15N3. The molecule has 0 fully saturated rings. The van der Waals surface area contributed by atoms with Gasteiger partial charge in [-0.2, -0.15) is 0 Å². The second kappa shape index (κ2) is 4.28. The molecule has 3 heteroatoms. The summed E-state index contributed by atoms with van der Waals surface area (Å²) in [5.41, 5.74) is 7.20. The van der Waals surface area contributed by atoms with E-state index in [1.807, 2.05) is 24.4 Å². The number of hydrogen-bond donors (Lipinski definition) is 1. The van der Waals surface area contributed by atoms with Crippen LogP contribution in [0.15, 0.2) is 47.7 Å². The van der Waals surface area contributed by atoms with Crippen molar-refractivity contribution in [2.75, 3.05) is 0 Å². The summed E-state index contributed by atoms with van der Waals surface area (Å²) in [5, 5.41) is 0. The van der Waals surface area contributed by atoms with E-state index in [0.717, 1.165) is 0 Å². The Morgan fingerprint density at radius 1 is 1.33 bits per heavy atom. The predicted molar refractivity (Wildman–Crippen MR) is 62.3 cm³/mol. The normalized spacial score (nSPS) is 21.7. The lowest BCUT2D eigenvalue weighted by molar-refractivity contribution is 0.268. The number of rotatable bonds is 2. The maximum absolute atomic E-state index is 5.94. The van der Waals surface area contributed by atoms with Crippen molar-refractivity contribution < 1.29 is 0 Å². The Bertz CT molecular complexity index is 370. The summed E-state index contributed by atoms with van der Waals surface area (Å²) < 4.78 is 0. The van der Waals surface area contributed by atoms with Crippen molar-refractivity contribution >= 4 is 6.21 Å². The summed E-state index contributed by atoms with van der Waals surface area (Å²) in [4.78, 5) is 6.10. The molecule has 78 valence electrons. The third-order valence-electron chi connectivity index (χ3n) is 2.64. The van der Waals surface area contributed by atoms with Gasteiger partial charge < -0.3 is 10.6 Å². The zero-order valence-electron chi connectivity index (χ0n) is 8.75. The lowest BCUT2D eigenvalue weighted by Gasteiger charge is -2.32. The Morgan fingerprint density at radius 2 is 2.07 bits per heavy atom. The maximum Gasteiger partial charge on any atom is 0.114 e. The standard InChI is InChI=1S/C12H15N3/c1-10(11-5-3-2-4-6-11)15-8-7-14-9-12(15)13/h2-10,12H,13H2,1H3/t10-,12?/m1/s1. The van der Waals surface area contributed by atoms with Crippen LogP contribution in [0.25, 0.3) is 0 Å². The van der Waals surface area contributed by atoms with Crippen molar-refractivity contribution in [3.8, 4) is 0 Å². The summed E-state index contributed by atoms with van der Waals surface area (Å²) >= 11 is 0. The molecule has 0 saturated carbocycles. The SMILES string of the molecule is C[C@H](c1ccccc1)N1C=CN=CC1N. The zero-order valence-corrected chi connectivity index (χ0v) is 8.75. The van der Waals surface area contributed by atoms with Gasteiger partial charge in [0.2, 0.25) is 0 Å². The second-order valence-electron chi connectivity index (χ2n) is 3.62. The highest BCUT2D eigenvalue weighted by atomic mass is 15.2. The molecule has 1 aromatic rings. The van der Waals surface area contributed by atoms with Crippen LogP contribution < -0.4 is 5.73 Å². The van der Waals surface area contributed by atoms with Crippen molar-refractivity contribution in [2.45, 2.75) is 19.1 Å². The van der Waals surface area contributed by atoms with Crippen molar-refractivity contribution in [2.24, 2.45) is 10.7 Å². The van der Waals surface area contributed by atoms with Crippen LogP contribution in [-0.4, -0.2) is 17.3 Å². The Hall–Kier alpha value is -1.61. The van der Waals surface area contributed by atoms with E-state index in [1.165, 1.54) is 5.56 Å². The van der Waals surface area contributed by atoms with E-state index in [0.29, 0.717) is 0 Å². The summed E-state index contributed by atoms with van der Waals surface area (Å²) in [6.07, 6.45) is 5.31. The maximum atomic E-state index is 5.94. The van der Waals surface area contributed by atoms with Crippen LogP contribution in [0.4, 0.5) is 0 Å². The molecule has 15 heavy (non-hydrogen) atoms. The minimum absolute atomic E-state index is 0.134. The van der Waals surface area contributed by atoms with Gasteiger partial charge in [0.15, 0.2) is 0 Å². The van der Waals surface area contributed by atoms with E-state index in [1.54, 1.807) is 12.4 Å². The quantitative estimate of drug-likeness (QED) is 0.794. The molecule has 2 rings (SSSR count). The second-order valence-corrected chi connectivity index (χ2v) is 3.62. The molecule has 3 nitrogen and oxygen atoms in total. The van der Waals surface area contributed by atoms with Gasteiger partial charge in [0, 0.05) is 18.6 Å². The minimum atomic E-state index is -0.134. The molecule has 1 heterocycles. The van der Waals surface area contributed by atoms with E-state index in [4.69, 9.17) is 5.73 Å². The number of benzene rings is 1. The van der Waals surface area contributed by atoms with Crippen molar-refractivity contribution in [1.29, 1.82) is 0 Å². The fraction of sp³-hybridized carbons (Fsp3) is 0.250. The summed E-state index contributed by atoms with van der Waals surface area (Å²) in [7, 11) is 0. The van der Waals surface area contributed by atoms with Gasteiger partial charge in [0.25, 0.3) is 0 Å². The topological polar surface area (TPSA) is 41.6 Å². The lowest BCUT2D eigenvalue weighted by Crippen LogP contribution is -2.42. The Balaban J connectivity index is 2.18. The Kier molecular flexibility index (Phi) is 2.83. The molecule has 0 bridgehead atoms. The van der Waals surface area contributed by atoms with Crippen LogP contribution in [0.5, 0.6) is 0 Å². The van der Waals surface area contributed by atoms with E-state index in [-0.39, 0.29) is 12.2 Å². The van der Waals surface area contributed by atoms with Crippen LogP contribution in [0.1, 0.15) is 18.5 Å². The monoisotopic (exact) mass is 201 g/mol. The molecule has 0 radical (unpaired) electrons. The highest BCUT2D eigenvalue weighted by Crippen LogP contribution is 2.21. The highest BCUT2D eigenvalue weighted by molar-refractivity contribution is 5.65. The number of hydrogen-bond acceptors (Lipinski definition) is 3. The molecule has 1 aliphatic rings. The average Bonchev–Trinajstić information content (AvgIpc) is 2.30.